The van der Waals surface area contributed by atoms with Crippen molar-refractivity contribution in [3.05, 3.63) is 65.2 Å². The average Bonchev–Trinajstić information content (AvgIpc) is 3.35. The van der Waals surface area contributed by atoms with Crippen molar-refractivity contribution in [3.8, 4) is 0 Å². The molecule has 4 aliphatic rings. The third kappa shape index (κ3) is 2.84. The molecule has 158 valence electrons. The normalized spacial score (nSPS) is 26.1. The van der Waals surface area contributed by atoms with Gasteiger partial charge < -0.3 is 4.74 Å². The van der Waals surface area contributed by atoms with Crippen LogP contribution in [0.3, 0.4) is 0 Å². The molecule has 3 aliphatic heterocycles. The van der Waals surface area contributed by atoms with E-state index in [9.17, 15) is 14.0 Å². The van der Waals surface area contributed by atoms with Crippen LogP contribution in [0.25, 0.3) is 0 Å². The van der Waals surface area contributed by atoms with Crippen molar-refractivity contribution in [3.63, 3.8) is 0 Å². The Balaban J connectivity index is 1.23. The number of carbonyl (C=O) groups is 2. The Labute approximate surface area is 181 Å². The minimum Gasteiger partial charge on any atom is -0.450 e. The first-order valence-corrected chi connectivity index (χ1v) is 10.4. The van der Waals surface area contributed by atoms with Crippen molar-refractivity contribution in [2.24, 2.45) is 25.9 Å². The first-order valence-electron chi connectivity index (χ1n) is 10.4. The molecule has 0 atom stereocenters. The summed E-state index contributed by atoms with van der Waals surface area (Å²) in [5.41, 5.74) is 1.43. The van der Waals surface area contributed by atoms with E-state index in [0.717, 1.165) is 5.56 Å². The zero-order chi connectivity index (χ0) is 21.9. The smallest absolute Gasteiger partial charge is 0.339 e. The highest BCUT2D eigenvalue weighted by Crippen LogP contribution is 2.48. The molecule has 1 saturated carbocycles. The zero-order valence-electron chi connectivity index (χ0n) is 16.8. The van der Waals surface area contributed by atoms with Crippen molar-refractivity contribution in [1.82, 2.24) is 4.98 Å². The van der Waals surface area contributed by atoms with Crippen LogP contribution >= 0.6 is 0 Å². The number of hydrogen-bond acceptors (Lipinski definition) is 7. The number of pyridine rings is 1. The maximum Gasteiger partial charge on any atom is 0.339 e. The van der Waals surface area contributed by atoms with Gasteiger partial charge in [0.25, 0.3) is 0 Å². The quantitative estimate of drug-likeness (QED) is 0.684. The fourth-order valence-electron chi connectivity index (χ4n) is 4.69. The molecule has 1 aromatic heterocycles. The number of amidine groups is 3. The zero-order valence-corrected chi connectivity index (χ0v) is 16.8. The van der Waals surface area contributed by atoms with Crippen molar-refractivity contribution < 1.29 is 18.7 Å². The first-order chi connectivity index (χ1) is 15.5. The number of fused-ring (bicyclic) bond motifs is 3. The van der Waals surface area contributed by atoms with Gasteiger partial charge in [-0.25, -0.2) is 24.2 Å². The summed E-state index contributed by atoms with van der Waals surface area (Å²) in [5.74, 6) is -0.203. The molecule has 0 radical (unpaired) electrons. The predicted molar refractivity (Wildman–Crippen MR) is 114 cm³/mol. The third-order valence-corrected chi connectivity index (χ3v) is 6.36. The maximum atomic E-state index is 13.2. The summed E-state index contributed by atoms with van der Waals surface area (Å²) < 4.78 is 19.0. The SMILES string of the molecule is O=C1N=C(c2ccc(F)cc2)N=C2N=C(C3CCC4(CC3)OC(=O)c3ccncc34)N=C12. The van der Waals surface area contributed by atoms with Gasteiger partial charge in [0.2, 0.25) is 0 Å². The second kappa shape index (κ2) is 6.81. The second-order valence-corrected chi connectivity index (χ2v) is 8.19. The number of nitrogens with zero attached hydrogens (tertiary/aromatic N) is 5. The average molecular weight is 429 g/mol. The lowest BCUT2D eigenvalue weighted by molar-refractivity contribution is -0.111. The summed E-state index contributed by atoms with van der Waals surface area (Å²) in [6.07, 6.45) is 5.96. The lowest BCUT2D eigenvalue weighted by atomic mass is 9.75. The van der Waals surface area contributed by atoms with E-state index in [2.05, 4.69) is 25.0 Å². The van der Waals surface area contributed by atoms with Crippen LogP contribution in [0.1, 0.15) is 47.2 Å². The van der Waals surface area contributed by atoms with Crippen LogP contribution < -0.4 is 0 Å². The molecule has 0 N–H and O–H groups in total. The standard InChI is InChI=1S/C23H16FN5O3/c24-14-3-1-12(2-4-14)19-28-20-17(21(30)29-19)26-18(27-20)13-5-8-23(9-6-13)16-11-25-10-7-15(16)22(31)32-23/h1-4,7,10-11,13H,5-6,8-9H2. The van der Waals surface area contributed by atoms with Gasteiger partial charge in [-0.15, -0.1) is 0 Å². The van der Waals surface area contributed by atoms with Gasteiger partial charge in [0.1, 0.15) is 17.3 Å². The third-order valence-electron chi connectivity index (χ3n) is 6.36. The molecule has 1 amide bonds. The van der Waals surface area contributed by atoms with Crippen LogP contribution in [-0.2, 0) is 15.1 Å². The number of benzene rings is 1. The van der Waals surface area contributed by atoms with Crippen molar-refractivity contribution in [2.45, 2.75) is 31.3 Å². The van der Waals surface area contributed by atoms with E-state index in [1.807, 2.05) is 0 Å². The van der Waals surface area contributed by atoms with Gasteiger partial charge in [0, 0.05) is 29.4 Å². The second-order valence-electron chi connectivity index (χ2n) is 8.19. The number of rotatable bonds is 2. The molecule has 6 rings (SSSR count). The fourth-order valence-corrected chi connectivity index (χ4v) is 4.69. The van der Waals surface area contributed by atoms with Gasteiger partial charge in [-0.2, -0.15) is 4.99 Å². The van der Waals surface area contributed by atoms with Gasteiger partial charge in [0.15, 0.2) is 17.4 Å². The number of esters is 1. The molecule has 0 bridgehead atoms. The number of aromatic nitrogens is 1. The van der Waals surface area contributed by atoms with Crippen molar-refractivity contribution in [2.75, 3.05) is 0 Å². The van der Waals surface area contributed by atoms with Gasteiger partial charge >= 0.3 is 11.9 Å². The number of halogens is 1. The van der Waals surface area contributed by atoms with Gasteiger partial charge in [-0.1, -0.05) is 0 Å². The van der Waals surface area contributed by atoms with Crippen LogP contribution in [0, 0.1) is 11.7 Å². The van der Waals surface area contributed by atoms with Crippen LogP contribution in [-0.4, -0.2) is 40.1 Å². The molecular formula is C23H16FN5O3. The molecule has 2 aromatic rings. The minimum absolute atomic E-state index is 0.0166. The number of ether oxygens (including phenoxy) is 1. The van der Waals surface area contributed by atoms with E-state index < -0.39 is 11.5 Å². The van der Waals surface area contributed by atoms with Gasteiger partial charge in [0.05, 0.1) is 5.56 Å². The summed E-state index contributed by atoms with van der Waals surface area (Å²) in [4.78, 5) is 46.3. The lowest BCUT2D eigenvalue weighted by Gasteiger charge is -2.35. The van der Waals surface area contributed by atoms with Crippen molar-refractivity contribution >= 4 is 35.1 Å². The van der Waals surface area contributed by atoms with Gasteiger partial charge in [-0.3, -0.25) is 9.78 Å². The predicted octanol–water partition coefficient (Wildman–Crippen LogP) is 3.02. The maximum absolute atomic E-state index is 13.2. The first kappa shape index (κ1) is 18.9. The Morgan fingerprint density at radius 3 is 2.50 bits per heavy atom. The molecule has 8 nitrogen and oxygen atoms in total. The molecule has 0 saturated heterocycles. The van der Waals surface area contributed by atoms with E-state index in [1.54, 1.807) is 18.5 Å². The number of amides is 1. The fraction of sp³-hybridized carbons (Fsp3) is 0.261. The number of hydrogen-bond donors (Lipinski definition) is 0. The molecular weight excluding hydrogens is 413 g/mol. The molecule has 32 heavy (non-hydrogen) atoms. The Kier molecular flexibility index (Phi) is 4.01. The van der Waals surface area contributed by atoms with E-state index in [0.29, 0.717) is 42.6 Å². The molecule has 1 aliphatic carbocycles. The van der Waals surface area contributed by atoms with Crippen LogP contribution in [0.15, 0.2) is 62.7 Å². The molecule has 4 heterocycles. The summed E-state index contributed by atoms with van der Waals surface area (Å²) in [7, 11) is 0. The lowest BCUT2D eigenvalue weighted by Crippen LogP contribution is -2.34. The summed E-state index contributed by atoms with van der Waals surface area (Å²) in [5, 5.41) is 0. The van der Waals surface area contributed by atoms with Crippen molar-refractivity contribution in [1.29, 1.82) is 0 Å². The molecule has 0 unspecified atom stereocenters. The monoisotopic (exact) mass is 429 g/mol. The van der Waals surface area contributed by atoms with Gasteiger partial charge in [-0.05, 0) is 56.0 Å². The molecule has 1 aromatic carbocycles. The Morgan fingerprint density at radius 1 is 0.938 bits per heavy atom. The van der Waals surface area contributed by atoms with Crippen LogP contribution in [0.2, 0.25) is 0 Å². The largest absolute Gasteiger partial charge is 0.450 e. The van der Waals surface area contributed by atoms with E-state index in [4.69, 9.17) is 4.74 Å². The van der Waals surface area contributed by atoms with Crippen LogP contribution in [0.5, 0.6) is 0 Å². The summed E-state index contributed by atoms with van der Waals surface area (Å²) in [6.45, 7) is 0. The Morgan fingerprint density at radius 2 is 1.72 bits per heavy atom. The number of aliphatic imine (C=N–C) groups is 4. The molecule has 9 heteroatoms. The van der Waals surface area contributed by atoms with E-state index >= 15 is 0 Å². The Hall–Kier alpha value is -3.88. The highest BCUT2D eigenvalue weighted by atomic mass is 19.1. The van der Waals surface area contributed by atoms with Crippen LogP contribution in [0.4, 0.5) is 4.39 Å². The Bertz CT molecular complexity index is 1300. The highest BCUT2D eigenvalue weighted by Gasteiger charge is 2.48. The molecule has 1 spiro atoms. The topological polar surface area (TPSA) is 106 Å². The number of carbonyl (C=O) groups excluding carboxylic acids is 2. The van der Waals surface area contributed by atoms with E-state index in [-0.39, 0.29) is 35.1 Å². The summed E-state index contributed by atoms with van der Waals surface area (Å²) in [6, 6.07) is 7.30. The van der Waals surface area contributed by atoms with E-state index in [1.165, 1.54) is 24.3 Å². The minimum atomic E-state index is -0.650. The summed E-state index contributed by atoms with van der Waals surface area (Å²) >= 11 is 0. The highest BCUT2D eigenvalue weighted by molar-refractivity contribution is 6.72. The molecule has 1 fully saturated rings.